The van der Waals surface area contributed by atoms with Crippen molar-refractivity contribution in [1.82, 2.24) is 9.97 Å². The van der Waals surface area contributed by atoms with E-state index >= 15 is 0 Å². The molecule has 6 nitrogen and oxygen atoms in total. The summed E-state index contributed by atoms with van der Waals surface area (Å²) in [4.78, 5) is 21.5. The van der Waals surface area contributed by atoms with Crippen LogP contribution >= 0.6 is 0 Å². The predicted molar refractivity (Wildman–Crippen MR) is 119 cm³/mol. The number of amides is 1. The van der Waals surface area contributed by atoms with Crippen molar-refractivity contribution >= 4 is 28.3 Å². The fraction of sp³-hybridized carbons (Fsp3) is 0.125. The summed E-state index contributed by atoms with van der Waals surface area (Å²) in [5, 5.41) is 7.20. The molecular formula is C24H22N4O2. The second-order valence-corrected chi connectivity index (χ2v) is 6.79. The van der Waals surface area contributed by atoms with Crippen LogP contribution in [0.2, 0.25) is 0 Å². The van der Waals surface area contributed by atoms with Gasteiger partial charge < -0.3 is 15.4 Å². The molecule has 0 aliphatic carbocycles. The molecule has 0 aliphatic rings. The number of aromatic nitrogens is 2. The third kappa shape index (κ3) is 4.55. The van der Waals surface area contributed by atoms with Crippen molar-refractivity contribution in [2.75, 3.05) is 24.3 Å². The molecule has 0 unspecified atom stereocenters. The molecule has 0 atom stereocenters. The number of rotatable bonds is 7. The van der Waals surface area contributed by atoms with Crippen LogP contribution in [0, 0.1) is 0 Å². The van der Waals surface area contributed by atoms with E-state index in [1.807, 2.05) is 48.5 Å². The van der Waals surface area contributed by atoms with E-state index in [9.17, 15) is 4.79 Å². The molecule has 4 rings (SSSR count). The maximum Gasteiger partial charge on any atom is 0.255 e. The van der Waals surface area contributed by atoms with E-state index in [2.05, 4.69) is 26.7 Å². The van der Waals surface area contributed by atoms with Gasteiger partial charge in [-0.2, -0.15) is 0 Å². The van der Waals surface area contributed by atoms with Gasteiger partial charge in [0.05, 0.1) is 18.3 Å². The largest absolute Gasteiger partial charge is 0.497 e. The summed E-state index contributed by atoms with van der Waals surface area (Å²) < 4.78 is 5.26. The number of nitrogens with one attached hydrogen (secondary N) is 2. The summed E-state index contributed by atoms with van der Waals surface area (Å²) in [5.41, 5.74) is 3.14. The van der Waals surface area contributed by atoms with Crippen LogP contribution in [-0.2, 0) is 6.42 Å². The lowest BCUT2D eigenvalue weighted by molar-refractivity contribution is 0.102. The van der Waals surface area contributed by atoms with Gasteiger partial charge in [-0.3, -0.25) is 9.78 Å². The fourth-order valence-corrected chi connectivity index (χ4v) is 3.23. The summed E-state index contributed by atoms with van der Waals surface area (Å²) in [7, 11) is 1.66. The molecule has 0 aliphatic heterocycles. The van der Waals surface area contributed by atoms with E-state index in [1.54, 1.807) is 31.6 Å². The Hall–Kier alpha value is -3.93. The maximum atomic E-state index is 12.8. The minimum absolute atomic E-state index is 0.202. The van der Waals surface area contributed by atoms with Crippen LogP contribution < -0.4 is 15.4 Å². The molecule has 150 valence electrons. The Balaban J connectivity index is 1.41. The van der Waals surface area contributed by atoms with Crippen molar-refractivity contribution in [3.05, 3.63) is 90.3 Å². The molecule has 2 heterocycles. The molecule has 0 saturated carbocycles. The number of hydrogen-bond acceptors (Lipinski definition) is 5. The van der Waals surface area contributed by atoms with E-state index in [0.717, 1.165) is 23.1 Å². The Morgan fingerprint density at radius 2 is 1.83 bits per heavy atom. The number of ether oxygens (including phenoxy) is 1. The summed E-state index contributed by atoms with van der Waals surface area (Å²) in [6, 6.07) is 21.0. The molecule has 2 aromatic carbocycles. The summed E-state index contributed by atoms with van der Waals surface area (Å²) in [5.74, 6) is 1.29. The van der Waals surface area contributed by atoms with Crippen LogP contribution in [0.5, 0.6) is 5.75 Å². The molecule has 2 aromatic heterocycles. The van der Waals surface area contributed by atoms with Gasteiger partial charge in [-0.15, -0.1) is 0 Å². The van der Waals surface area contributed by atoms with E-state index in [-0.39, 0.29) is 5.91 Å². The van der Waals surface area contributed by atoms with Gasteiger partial charge >= 0.3 is 0 Å². The third-order valence-corrected chi connectivity index (χ3v) is 4.76. The van der Waals surface area contributed by atoms with Crippen LogP contribution in [0.4, 0.5) is 11.5 Å². The van der Waals surface area contributed by atoms with Gasteiger partial charge in [-0.05, 0) is 48.4 Å². The van der Waals surface area contributed by atoms with E-state index in [4.69, 9.17) is 4.74 Å². The van der Waals surface area contributed by atoms with Gasteiger partial charge in [0.25, 0.3) is 5.91 Å². The topological polar surface area (TPSA) is 76.1 Å². The molecule has 0 bridgehead atoms. The van der Waals surface area contributed by atoms with Gasteiger partial charge in [0.1, 0.15) is 11.6 Å². The number of nitrogens with zero attached hydrogens (tertiary/aromatic N) is 2. The Morgan fingerprint density at radius 1 is 0.967 bits per heavy atom. The minimum atomic E-state index is -0.202. The van der Waals surface area contributed by atoms with Crippen molar-refractivity contribution in [1.29, 1.82) is 0 Å². The summed E-state index contributed by atoms with van der Waals surface area (Å²) in [6.07, 6.45) is 4.16. The Kier molecular flexibility index (Phi) is 5.85. The molecular weight excluding hydrogens is 376 g/mol. The number of methoxy groups -OCH3 is 1. The maximum absolute atomic E-state index is 12.8. The zero-order chi connectivity index (χ0) is 20.8. The normalized spacial score (nSPS) is 10.6. The number of pyridine rings is 2. The highest BCUT2D eigenvalue weighted by molar-refractivity contribution is 6.08. The van der Waals surface area contributed by atoms with Crippen LogP contribution in [0.3, 0.4) is 0 Å². The summed E-state index contributed by atoms with van der Waals surface area (Å²) in [6.45, 7) is 0.693. The van der Waals surface area contributed by atoms with E-state index < -0.39 is 0 Å². The highest BCUT2D eigenvalue weighted by Gasteiger charge is 2.10. The first-order valence-corrected chi connectivity index (χ1v) is 9.71. The lowest BCUT2D eigenvalue weighted by atomic mass is 10.1. The molecule has 6 heteroatoms. The quantitative estimate of drug-likeness (QED) is 0.478. The molecule has 0 saturated heterocycles. The van der Waals surface area contributed by atoms with Crippen LogP contribution in [0.1, 0.15) is 15.9 Å². The molecule has 0 fully saturated rings. The average Bonchev–Trinajstić information content (AvgIpc) is 2.80. The van der Waals surface area contributed by atoms with Crippen molar-refractivity contribution in [2.45, 2.75) is 6.42 Å². The number of fused-ring (bicyclic) bond motifs is 1. The molecule has 0 radical (unpaired) electrons. The Labute approximate surface area is 175 Å². The van der Waals surface area contributed by atoms with Gasteiger partial charge in [0, 0.05) is 29.9 Å². The number of carbonyl (C=O) groups excluding carboxylic acids is 1. The smallest absolute Gasteiger partial charge is 0.255 e. The van der Waals surface area contributed by atoms with Crippen molar-refractivity contribution in [3.8, 4) is 5.75 Å². The average molecular weight is 398 g/mol. The lowest BCUT2D eigenvalue weighted by Crippen LogP contribution is -2.14. The Morgan fingerprint density at radius 3 is 2.73 bits per heavy atom. The second kappa shape index (κ2) is 9.05. The van der Waals surface area contributed by atoms with Crippen LogP contribution in [-0.4, -0.2) is 29.5 Å². The number of para-hydroxylation sites is 1. The number of benzene rings is 2. The monoisotopic (exact) mass is 398 g/mol. The third-order valence-electron chi connectivity index (χ3n) is 4.76. The molecule has 2 N–H and O–H groups in total. The van der Waals surface area contributed by atoms with Crippen LogP contribution in [0.15, 0.2) is 79.1 Å². The zero-order valence-electron chi connectivity index (χ0n) is 16.6. The fourth-order valence-electron chi connectivity index (χ4n) is 3.23. The first kappa shape index (κ1) is 19.4. The minimum Gasteiger partial charge on any atom is -0.497 e. The van der Waals surface area contributed by atoms with Crippen LogP contribution in [0.25, 0.3) is 10.9 Å². The zero-order valence-corrected chi connectivity index (χ0v) is 16.6. The highest BCUT2D eigenvalue weighted by atomic mass is 16.5. The van der Waals surface area contributed by atoms with Crippen molar-refractivity contribution in [3.63, 3.8) is 0 Å². The highest BCUT2D eigenvalue weighted by Crippen LogP contribution is 2.21. The van der Waals surface area contributed by atoms with E-state index in [0.29, 0.717) is 23.6 Å². The SMILES string of the molecule is COc1cccc(CCNc2cc(C(=O)Nc3cccc4cccnc34)ccn2)c1. The van der Waals surface area contributed by atoms with Gasteiger partial charge in [-0.1, -0.05) is 30.3 Å². The predicted octanol–water partition coefficient (Wildman–Crippen LogP) is 4.55. The summed E-state index contributed by atoms with van der Waals surface area (Å²) >= 11 is 0. The van der Waals surface area contributed by atoms with E-state index in [1.165, 1.54) is 5.56 Å². The standard InChI is InChI=1S/C24H22N4O2/c1-30-20-8-2-5-17(15-20)10-13-25-22-16-19(11-14-26-22)24(29)28-21-9-3-6-18-7-4-12-27-23(18)21/h2-9,11-12,14-16H,10,13H2,1H3,(H,25,26)(H,28,29). The molecule has 0 spiro atoms. The first-order valence-electron chi connectivity index (χ1n) is 9.71. The van der Waals surface area contributed by atoms with Crippen molar-refractivity contribution < 1.29 is 9.53 Å². The van der Waals surface area contributed by atoms with Gasteiger partial charge in [0.2, 0.25) is 0 Å². The molecule has 1 amide bonds. The lowest BCUT2D eigenvalue weighted by Gasteiger charge is -2.10. The molecule has 30 heavy (non-hydrogen) atoms. The number of anilines is 2. The van der Waals surface area contributed by atoms with Gasteiger partial charge in [0.15, 0.2) is 0 Å². The second-order valence-electron chi connectivity index (χ2n) is 6.79. The number of hydrogen-bond donors (Lipinski definition) is 2. The first-order chi connectivity index (χ1) is 14.7. The number of carbonyl (C=O) groups is 1. The Bertz CT molecular complexity index is 1170. The van der Waals surface area contributed by atoms with Gasteiger partial charge in [-0.25, -0.2) is 4.98 Å². The van der Waals surface area contributed by atoms with Crippen molar-refractivity contribution in [2.24, 2.45) is 0 Å². The molecule has 4 aromatic rings.